The Labute approximate surface area is 157 Å². The Hall–Kier alpha value is -2.78. The molecular formula is C20H21N3O2S. The van der Waals surface area contributed by atoms with Gasteiger partial charge in [0.15, 0.2) is 0 Å². The van der Waals surface area contributed by atoms with E-state index in [1.807, 2.05) is 54.6 Å². The third-order valence-corrected chi connectivity index (χ3v) is 4.68. The van der Waals surface area contributed by atoms with Crippen LogP contribution in [0.2, 0.25) is 0 Å². The summed E-state index contributed by atoms with van der Waals surface area (Å²) in [4.78, 5) is 25.0. The summed E-state index contributed by atoms with van der Waals surface area (Å²) >= 11 is 1.53. The highest BCUT2D eigenvalue weighted by Crippen LogP contribution is 2.28. The first-order valence-electron chi connectivity index (χ1n) is 8.31. The van der Waals surface area contributed by atoms with Gasteiger partial charge in [-0.05, 0) is 17.7 Å². The lowest BCUT2D eigenvalue weighted by Crippen LogP contribution is -2.29. The second kappa shape index (κ2) is 10.3. The van der Waals surface area contributed by atoms with Crippen LogP contribution in [-0.4, -0.2) is 17.6 Å². The first kappa shape index (κ1) is 19.5. The molecule has 2 aromatic carbocycles. The molecule has 5 nitrogen and oxygen atoms in total. The summed E-state index contributed by atoms with van der Waals surface area (Å²) in [7, 11) is 0. The molecule has 26 heavy (non-hydrogen) atoms. The van der Waals surface area contributed by atoms with Gasteiger partial charge in [-0.3, -0.25) is 9.59 Å². The molecule has 0 bridgehead atoms. The highest BCUT2D eigenvalue weighted by atomic mass is 32.2. The molecule has 0 aliphatic heterocycles. The first-order chi connectivity index (χ1) is 12.6. The normalized spacial score (nSPS) is 11.2. The van der Waals surface area contributed by atoms with Crippen molar-refractivity contribution in [2.75, 3.05) is 11.1 Å². The number of amides is 2. The van der Waals surface area contributed by atoms with E-state index < -0.39 is 0 Å². The zero-order valence-electron chi connectivity index (χ0n) is 14.6. The van der Waals surface area contributed by atoms with E-state index >= 15 is 0 Å². The standard InChI is InChI=1S/C20H21N3O2S/c1-15(24)22-18(16-8-3-2-4-9-16)14-20(25)23-17-10-5-6-11-19(17)26-13-7-12-21/h2-6,8-11,18H,7,13-14H2,1H3,(H,22,24)(H,23,25)/t18-/m1/s1. The van der Waals surface area contributed by atoms with E-state index in [1.165, 1.54) is 18.7 Å². The number of nitrogens with zero attached hydrogens (tertiary/aromatic N) is 1. The molecule has 0 saturated heterocycles. The van der Waals surface area contributed by atoms with Crippen LogP contribution >= 0.6 is 11.8 Å². The quantitative estimate of drug-likeness (QED) is 0.548. The Balaban J connectivity index is 2.06. The second-order valence-corrected chi connectivity index (χ2v) is 6.81. The summed E-state index contributed by atoms with van der Waals surface area (Å²) in [6, 6.07) is 18.7. The number of nitriles is 1. The highest BCUT2D eigenvalue weighted by molar-refractivity contribution is 7.99. The van der Waals surface area contributed by atoms with Gasteiger partial charge in [-0.2, -0.15) is 5.26 Å². The van der Waals surface area contributed by atoms with Crippen molar-refractivity contribution in [1.82, 2.24) is 5.32 Å². The van der Waals surface area contributed by atoms with Crippen molar-refractivity contribution in [2.45, 2.75) is 30.7 Å². The fourth-order valence-electron chi connectivity index (χ4n) is 2.47. The van der Waals surface area contributed by atoms with Crippen LogP contribution in [0.3, 0.4) is 0 Å². The number of para-hydroxylation sites is 1. The van der Waals surface area contributed by atoms with Crippen LogP contribution in [0.5, 0.6) is 0 Å². The molecule has 0 aliphatic rings. The lowest BCUT2D eigenvalue weighted by atomic mass is 10.0. The molecule has 0 unspecified atom stereocenters. The van der Waals surface area contributed by atoms with E-state index in [1.54, 1.807) is 0 Å². The Kier molecular flexibility index (Phi) is 7.72. The zero-order chi connectivity index (χ0) is 18.8. The Morgan fingerprint density at radius 2 is 1.81 bits per heavy atom. The van der Waals surface area contributed by atoms with Crippen molar-refractivity contribution in [2.24, 2.45) is 0 Å². The van der Waals surface area contributed by atoms with E-state index in [2.05, 4.69) is 16.7 Å². The van der Waals surface area contributed by atoms with Crippen LogP contribution in [0.1, 0.15) is 31.4 Å². The van der Waals surface area contributed by atoms with Gasteiger partial charge in [-0.1, -0.05) is 42.5 Å². The van der Waals surface area contributed by atoms with Gasteiger partial charge in [-0.15, -0.1) is 11.8 Å². The largest absolute Gasteiger partial charge is 0.349 e. The summed E-state index contributed by atoms with van der Waals surface area (Å²) in [6.07, 6.45) is 0.590. The molecule has 1 atom stereocenters. The SMILES string of the molecule is CC(=O)N[C@H](CC(=O)Nc1ccccc1SCCC#N)c1ccccc1. The number of anilines is 1. The average molecular weight is 367 g/mol. The third-order valence-electron chi connectivity index (χ3n) is 3.60. The summed E-state index contributed by atoms with van der Waals surface area (Å²) in [5, 5.41) is 14.4. The van der Waals surface area contributed by atoms with Crippen LogP contribution < -0.4 is 10.6 Å². The van der Waals surface area contributed by atoms with E-state index in [-0.39, 0.29) is 24.3 Å². The van der Waals surface area contributed by atoms with Crippen LogP contribution in [0.15, 0.2) is 59.5 Å². The Morgan fingerprint density at radius 3 is 2.50 bits per heavy atom. The number of carbonyl (C=O) groups excluding carboxylic acids is 2. The summed E-state index contributed by atoms with van der Waals surface area (Å²) in [6.45, 7) is 1.44. The maximum Gasteiger partial charge on any atom is 0.226 e. The van der Waals surface area contributed by atoms with Crippen LogP contribution in [0.4, 0.5) is 5.69 Å². The van der Waals surface area contributed by atoms with Crippen molar-refractivity contribution < 1.29 is 9.59 Å². The highest BCUT2D eigenvalue weighted by Gasteiger charge is 2.17. The predicted octanol–water partition coefficient (Wildman–Crippen LogP) is 3.90. The summed E-state index contributed by atoms with van der Waals surface area (Å²) in [5.41, 5.74) is 1.60. The molecule has 0 saturated carbocycles. The summed E-state index contributed by atoms with van der Waals surface area (Å²) in [5.74, 6) is 0.308. The number of hydrogen-bond donors (Lipinski definition) is 2. The molecule has 0 heterocycles. The molecule has 0 radical (unpaired) electrons. The van der Waals surface area contributed by atoms with Gasteiger partial charge in [0.25, 0.3) is 0 Å². The van der Waals surface area contributed by atoms with Crippen LogP contribution in [-0.2, 0) is 9.59 Å². The van der Waals surface area contributed by atoms with Gasteiger partial charge in [0, 0.05) is 24.0 Å². The molecular weight excluding hydrogens is 346 g/mol. The molecule has 2 aromatic rings. The fraction of sp³-hybridized carbons (Fsp3) is 0.250. The molecule has 6 heteroatoms. The van der Waals surface area contributed by atoms with E-state index in [0.29, 0.717) is 12.2 Å². The van der Waals surface area contributed by atoms with Gasteiger partial charge >= 0.3 is 0 Å². The van der Waals surface area contributed by atoms with E-state index in [9.17, 15) is 9.59 Å². The topological polar surface area (TPSA) is 82.0 Å². The number of carbonyl (C=O) groups is 2. The predicted molar refractivity (Wildman–Crippen MR) is 104 cm³/mol. The molecule has 2 N–H and O–H groups in total. The van der Waals surface area contributed by atoms with Crippen molar-refractivity contribution in [3.05, 3.63) is 60.2 Å². The number of hydrogen-bond acceptors (Lipinski definition) is 4. The van der Waals surface area contributed by atoms with Crippen molar-refractivity contribution in [3.63, 3.8) is 0 Å². The van der Waals surface area contributed by atoms with E-state index in [4.69, 9.17) is 5.26 Å². The van der Waals surface area contributed by atoms with Gasteiger partial charge in [0.05, 0.1) is 24.2 Å². The molecule has 0 aliphatic carbocycles. The lowest BCUT2D eigenvalue weighted by molar-refractivity contribution is -0.120. The molecule has 0 fully saturated rings. The number of thioether (sulfide) groups is 1. The Bertz CT molecular complexity index is 787. The van der Waals surface area contributed by atoms with Gasteiger partial charge in [-0.25, -0.2) is 0 Å². The number of nitrogens with one attached hydrogen (secondary N) is 2. The van der Waals surface area contributed by atoms with Gasteiger partial charge < -0.3 is 10.6 Å². The molecule has 0 spiro atoms. The van der Waals surface area contributed by atoms with Crippen LogP contribution in [0.25, 0.3) is 0 Å². The second-order valence-electron chi connectivity index (χ2n) is 5.67. The van der Waals surface area contributed by atoms with Crippen molar-refractivity contribution in [1.29, 1.82) is 5.26 Å². The zero-order valence-corrected chi connectivity index (χ0v) is 15.4. The maximum absolute atomic E-state index is 12.5. The third kappa shape index (κ3) is 6.26. The number of benzene rings is 2. The average Bonchev–Trinajstić information content (AvgIpc) is 2.63. The Morgan fingerprint density at radius 1 is 1.12 bits per heavy atom. The van der Waals surface area contributed by atoms with E-state index in [0.717, 1.165) is 16.1 Å². The minimum absolute atomic E-state index is 0.140. The smallest absolute Gasteiger partial charge is 0.226 e. The van der Waals surface area contributed by atoms with Gasteiger partial charge in [0.1, 0.15) is 0 Å². The molecule has 2 rings (SSSR count). The molecule has 134 valence electrons. The van der Waals surface area contributed by atoms with Crippen molar-refractivity contribution in [3.8, 4) is 6.07 Å². The molecule has 0 aromatic heterocycles. The number of rotatable bonds is 8. The fourth-order valence-corrected chi connectivity index (χ4v) is 3.33. The minimum atomic E-state index is -0.382. The lowest BCUT2D eigenvalue weighted by Gasteiger charge is -2.18. The molecule has 2 amide bonds. The maximum atomic E-state index is 12.5. The minimum Gasteiger partial charge on any atom is -0.349 e. The van der Waals surface area contributed by atoms with Crippen molar-refractivity contribution >= 4 is 29.3 Å². The monoisotopic (exact) mass is 367 g/mol. The summed E-state index contributed by atoms with van der Waals surface area (Å²) < 4.78 is 0. The van der Waals surface area contributed by atoms with Gasteiger partial charge in [0.2, 0.25) is 11.8 Å². The van der Waals surface area contributed by atoms with Crippen LogP contribution in [0, 0.1) is 11.3 Å². The first-order valence-corrected chi connectivity index (χ1v) is 9.29.